The van der Waals surface area contributed by atoms with Gasteiger partial charge in [-0.15, -0.1) is 0 Å². The number of fused-ring (bicyclic) bond motifs is 1. The molecule has 0 radical (unpaired) electrons. The fourth-order valence-electron chi connectivity index (χ4n) is 4.15. The number of para-hydroxylation sites is 1. The first-order valence-corrected chi connectivity index (χ1v) is 12.4. The second-order valence-corrected chi connectivity index (χ2v) is 10.3. The number of carbonyl (C=O) groups excluding carboxylic acids is 1. The van der Waals surface area contributed by atoms with E-state index in [1.54, 1.807) is 12.1 Å². The van der Waals surface area contributed by atoms with E-state index in [-0.39, 0.29) is 23.4 Å². The Morgan fingerprint density at radius 1 is 1.03 bits per heavy atom. The third kappa shape index (κ3) is 4.66. The van der Waals surface area contributed by atoms with Crippen LogP contribution < -0.4 is 9.62 Å². The maximum Gasteiger partial charge on any atom is 0.264 e. The second-order valence-electron chi connectivity index (χ2n) is 7.96. The van der Waals surface area contributed by atoms with Crippen molar-refractivity contribution in [3.8, 4) is 0 Å². The molecule has 3 aromatic carbocycles. The lowest BCUT2D eigenvalue weighted by atomic mass is 9.88. The molecule has 0 fully saturated rings. The Bertz CT molecular complexity index is 1230. The summed E-state index contributed by atoms with van der Waals surface area (Å²) in [5, 5.41) is 3.51. The Labute approximate surface area is 194 Å². The van der Waals surface area contributed by atoms with Gasteiger partial charge in [-0.2, -0.15) is 0 Å². The maximum absolute atomic E-state index is 13.5. The van der Waals surface area contributed by atoms with Gasteiger partial charge in [0.1, 0.15) is 6.54 Å². The Morgan fingerprint density at radius 3 is 2.47 bits per heavy atom. The smallest absolute Gasteiger partial charge is 0.264 e. The summed E-state index contributed by atoms with van der Waals surface area (Å²) in [7, 11) is -3.98. The first-order valence-electron chi connectivity index (χ1n) is 10.6. The van der Waals surface area contributed by atoms with Crippen LogP contribution in [0.4, 0.5) is 5.69 Å². The van der Waals surface area contributed by atoms with Crippen molar-refractivity contribution in [2.45, 2.75) is 37.1 Å². The third-order valence-electron chi connectivity index (χ3n) is 5.78. The minimum Gasteiger partial charge on any atom is -0.348 e. The molecule has 0 saturated heterocycles. The summed E-state index contributed by atoms with van der Waals surface area (Å²) in [6, 6.07) is 21.1. The standard InChI is InChI=1S/C25H25ClN2O3S/c1-18-7-2-5-12-24(18)28(32(30,31)21-15-13-20(26)14-16-21)17-25(29)27-23-11-6-9-19-8-3-4-10-22(19)23/h2-5,7-8,10,12-16,23H,6,9,11,17H2,1H3,(H,27,29)/t23-/m1/s1. The third-order valence-corrected chi connectivity index (χ3v) is 7.80. The zero-order valence-corrected chi connectivity index (χ0v) is 19.4. The molecule has 1 amide bonds. The summed E-state index contributed by atoms with van der Waals surface area (Å²) in [4.78, 5) is 13.2. The quantitative estimate of drug-likeness (QED) is 0.551. The fourth-order valence-corrected chi connectivity index (χ4v) is 5.76. The number of sulfonamides is 1. The largest absolute Gasteiger partial charge is 0.348 e. The molecule has 0 aliphatic heterocycles. The molecule has 1 aliphatic rings. The fraction of sp³-hybridized carbons (Fsp3) is 0.240. The molecule has 1 N–H and O–H groups in total. The number of nitrogens with zero attached hydrogens (tertiary/aromatic N) is 1. The molecule has 1 atom stereocenters. The predicted molar refractivity (Wildman–Crippen MR) is 127 cm³/mol. The monoisotopic (exact) mass is 468 g/mol. The van der Waals surface area contributed by atoms with Gasteiger partial charge >= 0.3 is 0 Å². The van der Waals surface area contributed by atoms with E-state index < -0.39 is 10.0 Å². The van der Waals surface area contributed by atoms with Crippen molar-refractivity contribution < 1.29 is 13.2 Å². The van der Waals surface area contributed by atoms with Crippen molar-refractivity contribution in [2.24, 2.45) is 0 Å². The van der Waals surface area contributed by atoms with Gasteiger partial charge in [-0.05, 0) is 73.2 Å². The van der Waals surface area contributed by atoms with E-state index in [2.05, 4.69) is 11.4 Å². The number of rotatable bonds is 6. The van der Waals surface area contributed by atoms with Gasteiger partial charge in [0.05, 0.1) is 16.6 Å². The molecule has 3 aromatic rings. The molecule has 166 valence electrons. The minimum absolute atomic E-state index is 0.0842. The molecular formula is C25H25ClN2O3S. The molecule has 0 heterocycles. The lowest BCUT2D eigenvalue weighted by Crippen LogP contribution is -2.42. The lowest BCUT2D eigenvalue weighted by molar-refractivity contribution is -0.120. The molecule has 7 heteroatoms. The molecule has 4 rings (SSSR count). The highest BCUT2D eigenvalue weighted by Gasteiger charge is 2.29. The molecule has 0 aromatic heterocycles. The average Bonchev–Trinajstić information content (AvgIpc) is 2.78. The minimum atomic E-state index is -3.98. The maximum atomic E-state index is 13.5. The van der Waals surface area contributed by atoms with Gasteiger partial charge in [0.2, 0.25) is 5.91 Å². The Hall–Kier alpha value is -2.83. The van der Waals surface area contributed by atoms with Crippen LogP contribution in [-0.4, -0.2) is 20.9 Å². The SMILES string of the molecule is Cc1ccccc1N(CC(=O)N[C@@H]1CCCc2ccccc21)S(=O)(=O)c1ccc(Cl)cc1. The molecule has 0 unspecified atom stereocenters. The van der Waals surface area contributed by atoms with Crippen molar-refractivity contribution in [3.05, 3.63) is 94.5 Å². The summed E-state index contributed by atoms with van der Waals surface area (Å²) in [5.74, 6) is -0.340. The van der Waals surface area contributed by atoms with E-state index in [9.17, 15) is 13.2 Å². The molecule has 32 heavy (non-hydrogen) atoms. The van der Waals surface area contributed by atoms with E-state index in [4.69, 9.17) is 11.6 Å². The van der Waals surface area contributed by atoms with E-state index >= 15 is 0 Å². The number of hydrogen-bond acceptors (Lipinski definition) is 3. The number of hydrogen-bond donors (Lipinski definition) is 1. The highest BCUT2D eigenvalue weighted by Crippen LogP contribution is 2.30. The summed E-state index contributed by atoms with van der Waals surface area (Å²) in [6.45, 7) is 1.52. The average molecular weight is 469 g/mol. The number of benzene rings is 3. The van der Waals surface area contributed by atoms with Gasteiger partial charge in [0, 0.05) is 5.02 Å². The number of anilines is 1. The van der Waals surface area contributed by atoms with Crippen LogP contribution in [0, 0.1) is 6.92 Å². The number of aryl methyl sites for hydroxylation is 2. The molecule has 0 saturated carbocycles. The van der Waals surface area contributed by atoms with Crippen molar-refractivity contribution in [1.29, 1.82) is 0 Å². The zero-order chi connectivity index (χ0) is 22.7. The van der Waals surface area contributed by atoms with Gasteiger partial charge in [0.25, 0.3) is 10.0 Å². The lowest BCUT2D eigenvalue weighted by Gasteiger charge is -2.29. The van der Waals surface area contributed by atoms with E-state index in [1.165, 1.54) is 34.1 Å². The number of carbonyl (C=O) groups is 1. The van der Waals surface area contributed by atoms with Gasteiger partial charge in [-0.3, -0.25) is 9.10 Å². The van der Waals surface area contributed by atoms with Crippen LogP contribution in [0.2, 0.25) is 5.02 Å². The highest BCUT2D eigenvalue weighted by molar-refractivity contribution is 7.92. The van der Waals surface area contributed by atoms with Crippen LogP contribution in [0.5, 0.6) is 0 Å². The van der Waals surface area contributed by atoms with Crippen LogP contribution in [-0.2, 0) is 21.2 Å². The van der Waals surface area contributed by atoms with Crippen LogP contribution in [0.1, 0.15) is 35.6 Å². The van der Waals surface area contributed by atoms with Crippen molar-refractivity contribution in [1.82, 2.24) is 5.32 Å². The van der Waals surface area contributed by atoms with E-state index in [1.807, 2.05) is 37.3 Å². The molecule has 5 nitrogen and oxygen atoms in total. The number of nitrogens with one attached hydrogen (secondary N) is 1. The normalized spacial score (nSPS) is 15.6. The Morgan fingerprint density at radius 2 is 1.72 bits per heavy atom. The van der Waals surface area contributed by atoms with Gasteiger partial charge in [0.15, 0.2) is 0 Å². The number of amides is 1. The van der Waals surface area contributed by atoms with Crippen LogP contribution >= 0.6 is 11.6 Å². The topological polar surface area (TPSA) is 66.5 Å². The molecule has 0 bridgehead atoms. The van der Waals surface area contributed by atoms with E-state index in [0.29, 0.717) is 10.7 Å². The van der Waals surface area contributed by atoms with Crippen LogP contribution in [0.15, 0.2) is 77.7 Å². The molecular weight excluding hydrogens is 444 g/mol. The van der Waals surface area contributed by atoms with E-state index in [0.717, 1.165) is 30.4 Å². The predicted octanol–water partition coefficient (Wildman–Crippen LogP) is 5.04. The molecule has 1 aliphatic carbocycles. The van der Waals surface area contributed by atoms with Crippen LogP contribution in [0.3, 0.4) is 0 Å². The zero-order valence-electron chi connectivity index (χ0n) is 17.8. The second kappa shape index (κ2) is 9.35. The highest BCUT2D eigenvalue weighted by atomic mass is 35.5. The first-order chi connectivity index (χ1) is 15.4. The van der Waals surface area contributed by atoms with Crippen molar-refractivity contribution >= 4 is 33.2 Å². The Kier molecular flexibility index (Phi) is 6.53. The first kappa shape index (κ1) is 22.4. The van der Waals surface area contributed by atoms with Crippen LogP contribution in [0.25, 0.3) is 0 Å². The van der Waals surface area contributed by atoms with Crippen molar-refractivity contribution in [3.63, 3.8) is 0 Å². The summed E-state index contributed by atoms with van der Waals surface area (Å²) >= 11 is 5.95. The van der Waals surface area contributed by atoms with Gasteiger partial charge in [-0.1, -0.05) is 54.1 Å². The summed E-state index contributed by atoms with van der Waals surface area (Å²) < 4.78 is 28.2. The van der Waals surface area contributed by atoms with Gasteiger partial charge < -0.3 is 5.32 Å². The van der Waals surface area contributed by atoms with Crippen molar-refractivity contribution in [2.75, 3.05) is 10.8 Å². The Balaban J connectivity index is 1.64. The summed E-state index contributed by atoms with van der Waals surface area (Å²) in [6.07, 6.45) is 2.80. The van der Waals surface area contributed by atoms with Gasteiger partial charge in [-0.25, -0.2) is 8.42 Å². The molecule has 0 spiro atoms. The summed E-state index contributed by atoms with van der Waals surface area (Å²) in [5.41, 5.74) is 3.58. The number of halogens is 1.